The van der Waals surface area contributed by atoms with E-state index in [1.54, 1.807) is 0 Å². The van der Waals surface area contributed by atoms with Crippen molar-refractivity contribution >= 4 is 16.8 Å². The Kier molecular flexibility index (Phi) is 5.99. The van der Waals surface area contributed by atoms with E-state index in [9.17, 15) is 9.18 Å². The summed E-state index contributed by atoms with van der Waals surface area (Å²) in [7, 11) is 0. The zero-order chi connectivity index (χ0) is 22.8. The molecule has 0 radical (unpaired) electrons. The predicted molar refractivity (Wildman–Crippen MR) is 127 cm³/mol. The van der Waals surface area contributed by atoms with Crippen molar-refractivity contribution in [2.45, 2.75) is 39.2 Å². The Morgan fingerprint density at radius 1 is 1.18 bits per heavy atom. The summed E-state index contributed by atoms with van der Waals surface area (Å²) in [6, 6.07) is 14.8. The van der Waals surface area contributed by atoms with E-state index in [1.807, 2.05) is 47.6 Å². The summed E-state index contributed by atoms with van der Waals surface area (Å²) in [6.45, 7) is 4.32. The average molecular weight is 445 g/mol. The van der Waals surface area contributed by atoms with Gasteiger partial charge in [-0.05, 0) is 55.0 Å². The topological polar surface area (TPSA) is 53.9 Å². The summed E-state index contributed by atoms with van der Waals surface area (Å²) in [4.78, 5) is 23.1. The van der Waals surface area contributed by atoms with E-state index in [0.29, 0.717) is 18.9 Å². The first-order valence-electron chi connectivity index (χ1n) is 11.6. The highest BCUT2D eigenvalue weighted by Gasteiger charge is 2.26. The number of rotatable bonds is 6. The van der Waals surface area contributed by atoms with Crippen LogP contribution in [-0.2, 0) is 24.2 Å². The van der Waals surface area contributed by atoms with Gasteiger partial charge in [-0.2, -0.15) is 0 Å². The van der Waals surface area contributed by atoms with Crippen LogP contribution in [0.5, 0.6) is 0 Å². The van der Waals surface area contributed by atoms with Crippen molar-refractivity contribution in [1.82, 2.24) is 19.4 Å². The van der Waals surface area contributed by atoms with Crippen molar-refractivity contribution in [2.75, 3.05) is 13.1 Å². The number of halogens is 1. The second kappa shape index (κ2) is 9.22. The van der Waals surface area contributed by atoms with Crippen molar-refractivity contribution in [2.24, 2.45) is 5.92 Å². The Morgan fingerprint density at radius 2 is 2.00 bits per heavy atom. The first kappa shape index (κ1) is 21.4. The molecule has 5 nitrogen and oxygen atoms in total. The van der Waals surface area contributed by atoms with Gasteiger partial charge in [-0.15, -0.1) is 0 Å². The van der Waals surface area contributed by atoms with Crippen LogP contribution in [0.1, 0.15) is 35.5 Å². The number of fused-ring (bicyclic) bond motifs is 1. The number of hydrogen-bond donors (Lipinski definition) is 1. The normalized spacial score (nSPS) is 16.4. The van der Waals surface area contributed by atoms with Crippen LogP contribution in [0.15, 0.2) is 60.9 Å². The molecule has 1 N–H and O–H groups in total. The van der Waals surface area contributed by atoms with Crippen LogP contribution in [0.25, 0.3) is 10.9 Å². The number of imidazole rings is 1. The molecule has 1 amide bonds. The molecule has 0 bridgehead atoms. The molecule has 0 saturated carbocycles. The number of aromatic nitrogens is 3. The van der Waals surface area contributed by atoms with Crippen molar-refractivity contribution in [3.63, 3.8) is 0 Å². The van der Waals surface area contributed by atoms with Crippen LogP contribution < -0.4 is 0 Å². The minimum absolute atomic E-state index is 0.190. The minimum atomic E-state index is -0.221. The van der Waals surface area contributed by atoms with E-state index in [1.165, 1.54) is 12.1 Å². The van der Waals surface area contributed by atoms with Gasteiger partial charge in [0.2, 0.25) is 5.91 Å². The number of likely N-dealkylation sites (tertiary alicyclic amines) is 1. The van der Waals surface area contributed by atoms with Gasteiger partial charge in [0.25, 0.3) is 0 Å². The summed E-state index contributed by atoms with van der Waals surface area (Å²) >= 11 is 0. The van der Waals surface area contributed by atoms with E-state index in [-0.39, 0.29) is 11.7 Å². The molecule has 1 aliphatic heterocycles. The molecule has 1 atom stereocenters. The van der Waals surface area contributed by atoms with Crippen LogP contribution in [0, 0.1) is 18.7 Å². The number of carbonyl (C=O) groups is 1. The molecule has 33 heavy (non-hydrogen) atoms. The van der Waals surface area contributed by atoms with Crippen LogP contribution in [-0.4, -0.2) is 38.4 Å². The fourth-order valence-corrected chi connectivity index (χ4v) is 4.93. The van der Waals surface area contributed by atoms with Gasteiger partial charge in [0.05, 0.1) is 6.42 Å². The van der Waals surface area contributed by atoms with Crippen LogP contribution >= 0.6 is 0 Å². The maximum absolute atomic E-state index is 13.3. The SMILES string of the molecule is Cc1cnc(CC2CCCN(C(=O)Cc3c[nH]c4ccccc34)C2)n1Cc1ccc(F)cc1. The van der Waals surface area contributed by atoms with Gasteiger partial charge in [-0.3, -0.25) is 4.79 Å². The maximum atomic E-state index is 13.3. The van der Waals surface area contributed by atoms with E-state index >= 15 is 0 Å². The summed E-state index contributed by atoms with van der Waals surface area (Å²) in [5.41, 5.74) is 4.28. The third-order valence-corrected chi connectivity index (χ3v) is 6.75. The number of H-pyrrole nitrogens is 1. The lowest BCUT2D eigenvalue weighted by Crippen LogP contribution is -2.41. The third-order valence-electron chi connectivity index (χ3n) is 6.75. The molecule has 1 saturated heterocycles. The fourth-order valence-electron chi connectivity index (χ4n) is 4.93. The van der Waals surface area contributed by atoms with Gasteiger partial charge in [0, 0.05) is 55.0 Å². The van der Waals surface area contributed by atoms with Gasteiger partial charge in [0.15, 0.2) is 0 Å². The monoisotopic (exact) mass is 444 g/mol. The number of aromatic amines is 1. The highest BCUT2D eigenvalue weighted by Crippen LogP contribution is 2.24. The summed E-state index contributed by atoms with van der Waals surface area (Å²) < 4.78 is 15.5. The molecule has 0 aliphatic carbocycles. The Morgan fingerprint density at radius 3 is 2.85 bits per heavy atom. The van der Waals surface area contributed by atoms with Crippen molar-refractivity contribution < 1.29 is 9.18 Å². The fraction of sp³-hybridized carbons (Fsp3) is 0.333. The molecule has 170 valence electrons. The summed E-state index contributed by atoms with van der Waals surface area (Å²) in [5.74, 6) is 1.39. The summed E-state index contributed by atoms with van der Waals surface area (Å²) in [6.07, 6.45) is 7.24. The quantitative estimate of drug-likeness (QED) is 0.461. The van der Waals surface area contributed by atoms with E-state index in [2.05, 4.69) is 27.5 Å². The number of piperidine rings is 1. The zero-order valence-corrected chi connectivity index (χ0v) is 18.9. The Balaban J connectivity index is 1.25. The maximum Gasteiger partial charge on any atom is 0.227 e. The Labute approximate surface area is 193 Å². The number of benzene rings is 2. The van der Waals surface area contributed by atoms with E-state index < -0.39 is 0 Å². The van der Waals surface area contributed by atoms with Crippen molar-refractivity contribution in [1.29, 1.82) is 0 Å². The number of aryl methyl sites for hydroxylation is 1. The predicted octanol–water partition coefficient (Wildman–Crippen LogP) is 4.88. The number of amides is 1. The summed E-state index contributed by atoms with van der Waals surface area (Å²) in [5, 5.41) is 1.12. The van der Waals surface area contributed by atoms with Crippen LogP contribution in [0.2, 0.25) is 0 Å². The largest absolute Gasteiger partial charge is 0.361 e. The van der Waals surface area contributed by atoms with Gasteiger partial charge in [-0.1, -0.05) is 30.3 Å². The first-order valence-corrected chi connectivity index (χ1v) is 11.6. The Bertz CT molecular complexity index is 1260. The van der Waals surface area contributed by atoms with Gasteiger partial charge in [0.1, 0.15) is 11.6 Å². The highest BCUT2D eigenvalue weighted by atomic mass is 19.1. The lowest BCUT2D eigenvalue weighted by atomic mass is 9.94. The molecule has 1 fully saturated rings. The minimum Gasteiger partial charge on any atom is -0.361 e. The second-order valence-electron chi connectivity index (χ2n) is 9.12. The average Bonchev–Trinajstić information content (AvgIpc) is 3.39. The van der Waals surface area contributed by atoms with Gasteiger partial charge < -0.3 is 14.5 Å². The molecule has 2 aromatic carbocycles. The highest BCUT2D eigenvalue weighted by molar-refractivity contribution is 5.88. The van der Waals surface area contributed by atoms with Crippen LogP contribution in [0.3, 0.4) is 0 Å². The van der Waals surface area contributed by atoms with Gasteiger partial charge >= 0.3 is 0 Å². The lowest BCUT2D eigenvalue weighted by molar-refractivity contribution is -0.132. The number of hydrogen-bond acceptors (Lipinski definition) is 2. The Hall–Kier alpha value is -3.41. The third kappa shape index (κ3) is 4.70. The van der Waals surface area contributed by atoms with Crippen molar-refractivity contribution in [3.8, 4) is 0 Å². The number of carbonyl (C=O) groups excluding carboxylic acids is 1. The molecular formula is C27H29FN4O. The zero-order valence-electron chi connectivity index (χ0n) is 18.9. The van der Waals surface area contributed by atoms with E-state index in [0.717, 1.165) is 65.9 Å². The molecular weight excluding hydrogens is 415 g/mol. The molecule has 3 heterocycles. The molecule has 1 unspecified atom stereocenters. The second-order valence-corrected chi connectivity index (χ2v) is 9.12. The van der Waals surface area contributed by atoms with Gasteiger partial charge in [-0.25, -0.2) is 9.37 Å². The number of nitrogens with one attached hydrogen (secondary N) is 1. The van der Waals surface area contributed by atoms with E-state index in [4.69, 9.17) is 0 Å². The molecule has 0 spiro atoms. The first-order chi connectivity index (χ1) is 16.1. The van der Waals surface area contributed by atoms with Crippen molar-refractivity contribution in [3.05, 3.63) is 89.4 Å². The molecule has 1 aliphatic rings. The lowest BCUT2D eigenvalue weighted by Gasteiger charge is -2.33. The molecule has 6 heteroatoms. The number of para-hydroxylation sites is 1. The molecule has 5 rings (SSSR count). The molecule has 4 aromatic rings. The standard InChI is InChI=1S/C27H29FN4O/c1-19-15-30-26(32(19)18-20-8-10-23(28)11-9-20)13-21-5-4-12-31(17-21)27(33)14-22-16-29-25-7-3-2-6-24(22)25/h2-3,6-11,15-16,21,29H,4-5,12-14,17-18H2,1H3. The smallest absolute Gasteiger partial charge is 0.227 e. The molecule has 2 aromatic heterocycles. The number of nitrogens with zero attached hydrogens (tertiary/aromatic N) is 3. The van der Waals surface area contributed by atoms with Crippen LogP contribution in [0.4, 0.5) is 4.39 Å².